The van der Waals surface area contributed by atoms with Gasteiger partial charge in [-0.25, -0.2) is 0 Å². The van der Waals surface area contributed by atoms with Crippen LogP contribution in [-0.2, 0) is 20.7 Å². The third-order valence-electron chi connectivity index (χ3n) is 4.50. The van der Waals surface area contributed by atoms with Crippen molar-refractivity contribution in [1.82, 2.24) is 4.98 Å². The number of nitrogens with one attached hydrogen (secondary N) is 2. The van der Waals surface area contributed by atoms with E-state index in [1.54, 1.807) is 26.0 Å². The first-order chi connectivity index (χ1) is 13.2. The van der Waals surface area contributed by atoms with Gasteiger partial charge in [0.2, 0.25) is 0 Å². The first kappa shape index (κ1) is 20.9. The molecule has 0 aliphatic heterocycles. The summed E-state index contributed by atoms with van der Waals surface area (Å²) in [6.45, 7) is 6.85. The largest absolute Gasteiger partial charge is 0.453 e. The van der Waals surface area contributed by atoms with Gasteiger partial charge in [-0.05, 0) is 57.4 Å². The Morgan fingerprint density at radius 3 is 2.46 bits per heavy atom. The second-order valence-electron chi connectivity index (χ2n) is 6.66. The van der Waals surface area contributed by atoms with Crippen LogP contribution in [0.25, 0.3) is 0 Å². The van der Waals surface area contributed by atoms with Crippen LogP contribution in [-0.4, -0.2) is 23.0 Å². The molecule has 1 aromatic heterocycles. The lowest BCUT2D eigenvalue weighted by Gasteiger charge is -2.14. The molecule has 1 aromatic carbocycles. The lowest BCUT2D eigenvalue weighted by molar-refractivity contribution is -0.153. The number of hydrogen-bond donors (Lipinski definition) is 2. The van der Waals surface area contributed by atoms with Gasteiger partial charge in [0.25, 0.3) is 11.5 Å². The average molecular weight is 381 g/mol. The number of nitrogens with zero attached hydrogens (tertiary/aromatic N) is 1. The maximum atomic E-state index is 12.2. The van der Waals surface area contributed by atoms with E-state index in [1.807, 2.05) is 25.1 Å². The minimum Gasteiger partial charge on any atom is -0.453 e. The molecular weight excluding hydrogens is 358 g/mol. The highest BCUT2D eigenvalue weighted by Crippen LogP contribution is 2.16. The molecule has 146 valence electrons. The standard InChI is InChI=1S/C21H23N3O4/c1-12-5-7-16(8-6-12)24-20(26)15(4)28-19(25)10-9-17-13(2)18(11-22)21(27)23-14(17)3/h5-8,15H,9-10H2,1-4H3,(H,23,27)(H,24,26)/t15-/m1/s1. The number of nitriles is 1. The van der Waals surface area contributed by atoms with Crippen molar-refractivity contribution in [3.8, 4) is 6.07 Å². The average Bonchev–Trinajstić information content (AvgIpc) is 2.63. The molecule has 0 saturated carbocycles. The minimum absolute atomic E-state index is 0.0285. The first-order valence-corrected chi connectivity index (χ1v) is 8.92. The van der Waals surface area contributed by atoms with E-state index < -0.39 is 23.5 Å². The van der Waals surface area contributed by atoms with E-state index in [0.717, 1.165) is 11.1 Å². The highest BCUT2D eigenvalue weighted by Gasteiger charge is 2.19. The summed E-state index contributed by atoms with van der Waals surface area (Å²) in [5, 5.41) is 11.8. The summed E-state index contributed by atoms with van der Waals surface area (Å²) in [5.41, 5.74) is 3.20. The van der Waals surface area contributed by atoms with Crippen molar-refractivity contribution in [3.05, 3.63) is 62.6 Å². The van der Waals surface area contributed by atoms with Crippen LogP contribution < -0.4 is 10.9 Å². The van der Waals surface area contributed by atoms with Gasteiger partial charge in [-0.1, -0.05) is 17.7 Å². The highest BCUT2D eigenvalue weighted by molar-refractivity contribution is 5.95. The molecule has 0 aliphatic rings. The first-order valence-electron chi connectivity index (χ1n) is 8.92. The molecule has 1 amide bonds. The smallest absolute Gasteiger partial charge is 0.306 e. The zero-order valence-corrected chi connectivity index (χ0v) is 16.4. The summed E-state index contributed by atoms with van der Waals surface area (Å²) < 4.78 is 5.20. The second-order valence-corrected chi connectivity index (χ2v) is 6.66. The summed E-state index contributed by atoms with van der Waals surface area (Å²) in [5.74, 6) is -0.949. The fraction of sp³-hybridized carbons (Fsp3) is 0.333. The Balaban J connectivity index is 1.95. The second kappa shape index (κ2) is 9.00. The highest BCUT2D eigenvalue weighted by atomic mass is 16.5. The number of amides is 1. The Morgan fingerprint density at radius 1 is 1.21 bits per heavy atom. The van der Waals surface area contributed by atoms with Crippen molar-refractivity contribution >= 4 is 17.6 Å². The van der Waals surface area contributed by atoms with Crippen molar-refractivity contribution in [2.45, 2.75) is 46.6 Å². The van der Waals surface area contributed by atoms with Gasteiger partial charge in [-0.15, -0.1) is 0 Å². The molecule has 0 radical (unpaired) electrons. The number of aromatic amines is 1. The van der Waals surface area contributed by atoms with Crippen molar-refractivity contribution in [3.63, 3.8) is 0 Å². The number of benzene rings is 1. The van der Waals surface area contributed by atoms with Gasteiger partial charge < -0.3 is 15.0 Å². The number of H-pyrrole nitrogens is 1. The summed E-state index contributed by atoms with van der Waals surface area (Å²) in [7, 11) is 0. The number of carbonyl (C=O) groups excluding carboxylic acids is 2. The zero-order valence-electron chi connectivity index (χ0n) is 16.4. The minimum atomic E-state index is -0.943. The zero-order chi connectivity index (χ0) is 20.8. The third-order valence-corrected chi connectivity index (χ3v) is 4.50. The molecule has 2 rings (SSSR count). The Labute approximate surface area is 163 Å². The summed E-state index contributed by atoms with van der Waals surface area (Å²) in [4.78, 5) is 38.7. The molecule has 0 saturated heterocycles. The van der Waals surface area contributed by atoms with E-state index in [1.165, 1.54) is 6.92 Å². The Morgan fingerprint density at radius 2 is 1.86 bits per heavy atom. The lowest BCUT2D eigenvalue weighted by atomic mass is 9.99. The van der Waals surface area contributed by atoms with Crippen LogP contribution in [0, 0.1) is 32.1 Å². The monoisotopic (exact) mass is 381 g/mol. The van der Waals surface area contributed by atoms with E-state index >= 15 is 0 Å². The Hall–Kier alpha value is -3.40. The van der Waals surface area contributed by atoms with Gasteiger partial charge in [0.05, 0.1) is 0 Å². The number of esters is 1. The fourth-order valence-electron chi connectivity index (χ4n) is 2.84. The van der Waals surface area contributed by atoms with Gasteiger partial charge in [0.1, 0.15) is 11.6 Å². The number of aromatic nitrogens is 1. The number of anilines is 1. The molecule has 0 bridgehead atoms. The molecule has 7 heteroatoms. The summed E-state index contributed by atoms with van der Waals surface area (Å²) in [6.07, 6.45) is -0.615. The lowest BCUT2D eigenvalue weighted by Crippen LogP contribution is -2.30. The summed E-state index contributed by atoms with van der Waals surface area (Å²) in [6, 6.07) is 9.17. The summed E-state index contributed by atoms with van der Waals surface area (Å²) >= 11 is 0. The number of hydrogen-bond acceptors (Lipinski definition) is 5. The van der Waals surface area contributed by atoms with Crippen LogP contribution in [0.4, 0.5) is 5.69 Å². The fourth-order valence-corrected chi connectivity index (χ4v) is 2.84. The molecule has 0 spiro atoms. The van der Waals surface area contributed by atoms with Crippen molar-refractivity contribution in [2.75, 3.05) is 5.32 Å². The van der Waals surface area contributed by atoms with Crippen LogP contribution in [0.5, 0.6) is 0 Å². The Bertz CT molecular complexity index is 984. The molecule has 7 nitrogen and oxygen atoms in total. The van der Waals surface area contributed by atoms with Crippen molar-refractivity contribution in [2.24, 2.45) is 0 Å². The van der Waals surface area contributed by atoms with Crippen LogP contribution in [0.1, 0.15) is 41.3 Å². The molecule has 2 N–H and O–H groups in total. The molecule has 0 unspecified atom stereocenters. The normalized spacial score (nSPS) is 11.4. The van der Waals surface area contributed by atoms with Gasteiger partial charge in [0.15, 0.2) is 6.10 Å². The van der Waals surface area contributed by atoms with Crippen LogP contribution in [0.2, 0.25) is 0 Å². The third kappa shape index (κ3) is 5.07. The topological polar surface area (TPSA) is 112 Å². The van der Waals surface area contributed by atoms with Crippen LogP contribution >= 0.6 is 0 Å². The van der Waals surface area contributed by atoms with Crippen molar-refractivity contribution in [1.29, 1.82) is 5.26 Å². The maximum Gasteiger partial charge on any atom is 0.306 e. The molecule has 1 atom stereocenters. The molecule has 0 aliphatic carbocycles. The molecule has 0 fully saturated rings. The van der Waals surface area contributed by atoms with Crippen LogP contribution in [0.15, 0.2) is 29.1 Å². The van der Waals surface area contributed by atoms with Gasteiger partial charge in [-0.3, -0.25) is 14.4 Å². The number of ether oxygens (including phenoxy) is 1. The molecule has 1 heterocycles. The van der Waals surface area contributed by atoms with E-state index in [2.05, 4.69) is 10.3 Å². The maximum absolute atomic E-state index is 12.2. The van der Waals surface area contributed by atoms with Crippen molar-refractivity contribution < 1.29 is 14.3 Å². The van der Waals surface area contributed by atoms with Crippen LogP contribution in [0.3, 0.4) is 0 Å². The SMILES string of the molecule is Cc1ccc(NC(=O)[C@@H](C)OC(=O)CCc2c(C)[nH]c(=O)c(C#N)c2C)cc1. The Kier molecular flexibility index (Phi) is 6.72. The number of rotatable bonds is 6. The predicted octanol–water partition coefficient (Wildman–Crippen LogP) is 2.67. The molecule has 28 heavy (non-hydrogen) atoms. The quantitative estimate of drug-likeness (QED) is 0.747. The molecular formula is C21H23N3O4. The van der Waals surface area contributed by atoms with Gasteiger partial charge >= 0.3 is 5.97 Å². The number of carbonyl (C=O) groups is 2. The van der Waals surface area contributed by atoms with E-state index in [4.69, 9.17) is 10.00 Å². The van der Waals surface area contributed by atoms with E-state index in [9.17, 15) is 14.4 Å². The van der Waals surface area contributed by atoms with Gasteiger partial charge in [0, 0.05) is 17.8 Å². The number of pyridine rings is 1. The van der Waals surface area contributed by atoms with E-state index in [0.29, 0.717) is 23.4 Å². The van der Waals surface area contributed by atoms with E-state index in [-0.39, 0.29) is 12.0 Å². The predicted molar refractivity (Wildman–Crippen MR) is 105 cm³/mol. The number of aryl methyl sites for hydroxylation is 2. The van der Waals surface area contributed by atoms with Gasteiger partial charge in [-0.2, -0.15) is 5.26 Å². The molecule has 2 aromatic rings.